The van der Waals surface area contributed by atoms with E-state index in [1.807, 2.05) is 6.92 Å². The largest absolute Gasteiger partial charge is 0.374 e. The molecule has 1 aliphatic rings. The first-order valence-corrected chi connectivity index (χ1v) is 6.14. The van der Waals surface area contributed by atoms with E-state index in [4.69, 9.17) is 5.73 Å². The van der Waals surface area contributed by atoms with Crippen LogP contribution in [0.25, 0.3) is 0 Å². The van der Waals surface area contributed by atoms with Crippen molar-refractivity contribution in [2.75, 3.05) is 18.5 Å². The topological polar surface area (TPSA) is 29.3 Å². The van der Waals surface area contributed by atoms with E-state index in [1.165, 1.54) is 24.2 Å². The summed E-state index contributed by atoms with van der Waals surface area (Å²) in [6, 6.07) is 8.74. The second-order valence-corrected chi connectivity index (χ2v) is 5.23. The molecule has 0 radical (unpaired) electrons. The molecule has 1 aromatic rings. The quantitative estimate of drug-likeness (QED) is 0.842. The number of nitrogens with two attached hydrogens (primary N) is 1. The Bertz CT molecular complexity index is 342. The summed E-state index contributed by atoms with van der Waals surface area (Å²) in [7, 11) is 2.17. The molecule has 88 valence electrons. The Morgan fingerprint density at radius 1 is 1.38 bits per heavy atom. The van der Waals surface area contributed by atoms with Gasteiger partial charge >= 0.3 is 0 Å². The third-order valence-corrected chi connectivity index (χ3v) is 3.64. The van der Waals surface area contributed by atoms with E-state index in [9.17, 15) is 0 Å². The van der Waals surface area contributed by atoms with Gasteiger partial charge in [-0.1, -0.05) is 19.1 Å². The second-order valence-electron chi connectivity index (χ2n) is 5.23. The summed E-state index contributed by atoms with van der Waals surface area (Å²) in [4.78, 5) is 2.35. The Kier molecular flexibility index (Phi) is 3.20. The predicted molar refractivity (Wildman–Crippen MR) is 69.6 cm³/mol. The van der Waals surface area contributed by atoms with Crippen molar-refractivity contribution in [3.05, 3.63) is 29.8 Å². The van der Waals surface area contributed by atoms with Crippen molar-refractivity contribution in [1.29, 1.82) is 0 Å². The van der Waals surface area contributed by atoms with Crippen LogP contribution in [0.5, 0.6) is 0 Å². The second kappa shape index (κ2) is 4.46. The van der Waals surface area contributed by atoms with Crippen LogP contribution in [0.15, 0.2) is 24.3 Å². The molecule has 1 saturated carbocycles. The van der Waals surface area contributed by atoms with Crippen LogP contribution in [0.1, 0.15) is 31.9 Å². The van der Waals surface area contributed by atoms with Gasteiger partial charge in [-0.2, -0.15) is 0 Å². The van der Waals surface area contributed by atoms with Gasteiger partial charge < -0.3 is 10.6 Å². The molecule has 2 rings (SSSR count). The Morgan fingerprint density at radius 2 is 1.94 bits per heavy atom. The zero-order chi connectivity index (χ0) is 11.7. The lowest BCUT2D eigenvalue weighted by molar-refractivity contribution is 0.725. The van der Waals surface area contributed by atoms with Gasteiger partial charge in [-0.3, -0.25) is 0 Å². The smallest absolute Gasteiger partial charge is 0.0363 e. The summed E-state index contributed by atoms with van der Waals surface area (Å²) >= 11 is 0. The maximum atomic E-state index is 5.84. The molecule has 16 heavy (non-hydrogen) atoms. The van der Waals surface area contributed by atoms with Crippen LogP contribution in [-0.2, 0) is 0 Å². The summed E-state index contributed by atoms with van der Waals surface area (Å²) in [5, 5.41) is 0. The normalized spacial score (nSPS) is 25.2. The third-order valence-electron chi connectivity index (χ3n) is 3.64. The first-order chi connectivity index (χ1) is 7.58. The van der Waals surface area contributed by atoms with E-state index in [1.54, 1.807) is 0 Å². The minimum atomic E-state index is 0.128. The van der Waals surface area contributed by atoms with E-state index in [-0.39, 0.29) is 6.04 Å². The predicted octanol–water partition coefficient (Wildman–Crippen LogP) is 2.80. The number of rotatable bonds is 4. The molecule has 1 aromatic carbocycles. The fraction of sp³-hybridized carbons (Fsp3) is 0.571. The van der Waals surface area contributed by atoms with Gasteiger partial charge in [-0.25, -0.2) is 0 Å². The highest BCUT2D eigenvalue weighted by Crippen LogP contribution is 2.38. The van der Waals surface area contributed by atoms with E-state index >= 15 is 0 Å². The molecule has 3 atom stereocenters. The van der Waals surface area contributed by atoms with Crippen molar-refractivity contribution in [3.8, 4) is 0 Å². The van der Waals surface area contributed by atoms with Crippen LogP contribution < -0.4 is 10.6 Å². The van der Waals surface area contributed by atoms with Gasteiger partial charge in [-0.05, 0) is 42.9 Å². The highest BCUT2D eigenvalue weighted by atomic mass is 15.1. The molecule has 1 fully saturated rings. The SMILES string of the molecule is CC1CC1CN(C)c1ccc([C@H](C)N)cc1. The van der Waals surface area contributed by atoms with E-state index in [0.29, 0.717) is 0 Å². The molecule has 2 heteroatoms. The highest BCUT2D eigenvalue weighted by Gasteiger charge is 2.33. The van der Waals surface area contributed by atoms with Crippen molar-refractivity contribution < 1.29 is 0 Å². The average molecular weight is 218 g/mol. The first kappa shape index (κ1) is 11.5. The fourth-order valence-corrected chi connectivity index (χ4v) is 2.14. The van der Waals surface area contributed by atoms with E-state index < -0.39 is 0 Å². The summed E-state index contributed by atoms with van der Waals surface area (Å²) < 4.78 is 0. The number of nitrogens with zero attached hydrogens (tertiary/aromatic N) is 1. The third kappa shape index (κ3) is 2.56. The summed E-state index contributed by atoms with van der Waals surface area (Å²) in [6.45, 7) is 5.53. The highest BCUT2D eigenvalue weighted by molar-refractivity contribution is 5.47. The minimum absolute atomic E-state index is 0.128. The maximum absolute atomic E-state index is 5.84. The van der Waals surface area contributed by atoms with Crippen molar-refractivity contribution in [3.63, 3.8) is 0 Å². The standard InChI is InChI=1S/C14H22N2/c1-10-8-13(10)9-16(3)14-6-4-12(5-7-14)11(2)15/h4-7,10-11,13H,8-9,15H2,1-3H3/t10?,11-,13?/m0/s1. The number of hydrogen-bond acceptors (Lipinski definition) is 2. The van der Waals surface area contributed by atoms with E-state index in [2.05, 4.69) is 43.1 Å². The van der Waals surface area contributed by atoms with Crippen LogP contribution in [0.3, 0.4) is 0 Å². The molecule has 0 aliphatic heterocycles. The van der Waals surface area contributed by atoms with Gasteiger partial charge in [0.1, 0.15) is 0 Å². The molecule has 0 bridgehead atoms. The first-order valence-electron chi connectivity index (χ1n) is 6.14. The number of benzene rings is 1. The molecule has 0 aromatic heterocycles. The Hall–Kier alpha value is -1.02. The summed E-state index contributed by atoms with van der Waals surface area (Å²) in [6.07, 6.45) is 1.39. The van der Waals surface area contributed by atoms with Crippen LogP contribution in [0.4, 0.5) is 5.69 Å². The van der Waals surface area contributed by atoms with Crippen molar-refractivity contribution in [2.45, 2.75) is 26.3 Å². The van der Waals surface area contributed by atoms with Gasteiger partial charge in [0, 0.05) is 25.3 Å². The van der Waals surface area contributed by atoms with Crippen LogP contribution in [-0.4, -0.2) is 13.6 Å². The zero-order valence-electron chi connectivity index (χ0n) is 10.5. The van der Waals surface area contributed by atoms with Gasteiger partial charge in [0.05, 0.1) is 0 Å². The molecule has 2 unspecified atom stereocenters. The fourth-order valence-electron chi connectivity index (χ4n) is 2.14. The monoisotopic (exact) mass is 218 g/mol. The Labute approximate surface area is 98.4 Å². The van der Waals surface area contributed by atoms with Crippen LogP contribution in [0, 0.1) is 11.8 Å². The Balaban J connectivity index is 1.97. The molecular formula is C14H22N2. The minimum Gasteiger partial charge on any atom is -0.374 e. The van der Waals surface area contributed by atoms with Gasteiger partial charge in [0.15, 0.2) is 0 Å². The Morgan fingerprint density at radius 3 is 2.38 bits per heavy atom. The lowest BCUT2D eigenvalue weighted by Crippen LogP contribution is -2.20. The van der Waals surface area contributed by atoms with E-state index in [0.717, 1.165) is 11.8 Å². The lowest BCUT2D eigenvalue weighted by atomic mass is 10.1. The van der Waals surface area contributed by atoms with Crippen molar-refractivity contribution >= 4 is 5.69 Å². The van der Waals surface area contributed by atoms with Crippen molar-refractivity contribution in [2.24, 2.45) is 17.6 Å². The van der Waals surface area contributed by atoms with Gasteiger partial charge in [0.25, 0.3) is 0 Å². The molecule has 2 N–H and O–H groups in total. The number of anilines is 1. The summed E-state index contributed by atoms with van der Waals surface area (Å²) in [5.41, 5.74) is 8.34. The maximum Gasteiger partial charge on any atom is 0.0363 e. The van der Waals surface area contributed by atoms with Crippen molar-refractivity contribution in [1.82, 2.24) is 0 Å². The molecule has 0 spiro atoms. The van der Waals surface area contributed by atoms with Gasteiger partial charge in [-0.15, -0.1) is 0 Å². The lowest BCUT2D eigenvalue weighted by Gasteiger charge is -2.20. The molecule has 0 amide bonds. The van der Waals surface area contributed by atoms with Crippen LogP contribution >= 0.6 is 0 Å². The molecule has 1 aliphatic carbocycles. The summed E-state index contributed by atoms with van der Waals surface area (Å²) in [5.74, 6) is 1.82. The molecule has 2 nitrogen and oxygen atoms in total. The average Bonchev–Trinajstić information content (AvgIpc) is 2.94. The van der Waals surface area contributed by atoms with Crippen LogP contribution in [0.2, 0.25) is 0 Å². The van der Waals surface area contributed by atoms with Gasteiger partial charge in [0.2, 0.25) is 0 Å². The molecule has 0 heterocycles. The number of hydrogen-bond donors (Lipinski definition) is 1. The molecular weight excluding hydrogens is 196 g/mol. The molecule has 0 saturated heterocycles. The zero-order valence-corrected chi connectivity index (χ0v) is 10.5.